The molecule has 0 aliphatic carbocycles. The smallest absolute Gasteiger partial charge is 0.335 e. The summed E-state index contributed by atoms with van der Waals surface area (Å²) in [5, 5.41) is 35.7. The minimum atomic E-state index is -2.27. The number of piperidine rings is 1. The number of nitrogens with one attached hydrogen (secondary N) is 1. The van der Waals surface area contributed by atoms with Crippen LogP contribution in [0.25, 0.3) is 0 Å². The molecule has 0 spiro atoms. The highest BCUT2D eigenvalue weighted by atomic mass is 16.4. The molecular formula is C18H22N2O8. The topological polar surface area (TPSA) is 164 Å². The van der Waals surface area contributed by atoms with Gasteiger partial charge < -0.3 is 25.7 Å². The fourth-order valence-corrected chi connectivity index (χ4v) is 3.08. The number of amides is 2. The van der Waals surface area contributed by atoms with E-state index in [1.807, 2.05) is 30.3 Å². The Balaban J connectivity index is 0.000000242. The number of carboxylic acids is 2. The van der Waals surface area contributed by atoms with Crippen LogP contribution in [0.5, 0.6) is 0 Å². The van der Waals surface area contributed by atoms with Gasteiger partial charge in [0, 0.05) is 0 Å². The summed E-state index contributed by atoms with van der Waals surface area (Å²) in [5.74, 6) is -3.76. The maximum absolute atomic E-state index is 12.2. The highest BCUT2D eigenvalue weighted by molar-refractivity contribution is 6.07. The lowest BCUT2D eigenvalue weighted by atomic mass is 9.93. The molecule has 10 nitrogen and oxygen atoms in total. The zero-order valence-corrected chi connectivity index (χ0v) is 14.9. The number of likely N-dealkylation sites (tertiary alicyclic amines) is 1. The zero-order valence-electron chi connectivity index (χ0n) is 14.9. The van der Waals surface area contributed by atoms with Crippen molar-refractivity contribution in [3.8, 4) is 0 Å². The van der Waals surface area contributed by atoms with E-state index in [-0.39, 0.29) is 23.8 Å². The van der Waals surface area contributed by atoms with Crippen molar-refractivity contribution in [1.82, 2.24) is 10.2 Å². The van der Waals surface area contributed by atoms with Gasteiger partial charge in [-0.3, -0.25) is 14.5 Å². The van der Waals surface area contributed by atoms with Crippen LogP contribution < -0.4 is 5.32 Å². The molecule has 2 saturated heterocycles. The average molecular weight is 394 g/mol. The summed E-state index contributed by atoms with van der Waals surface area (Å²) in [4.78, 5) is 45.4. The number of hydrogen-bond donors (Lipinski definition) is 5. The van der Waals surface area contributed by atoms with Gasteiger partial charge in [0.15, 0.2) is 12.2 Å². The van der Waals surface area contributed by atoms with E-state index in [0.29, 0.717) is 6.54 Å². The van der Waals surface area contributed by atoms with E-state index in [0.717, 1.165) is 24.9 Å². The number of imide groups is 1. The van der Waals surface area contributed by atoms with E-state index in [4.69, 9.17) is 20.4 Å². The molecule has 0 saturated carbocycles. The van der Waals surface area contributed by atoms with E-state index in [9.17, 15) is 19.2 Å². The summed E-state index contributed by atoms with van der Waals surface area (Å²) in [7, 11) is 0. The SMILES string of the molecule is O=C(O)C(O)C(O)C(=O)O.O=C1[C@H]2NCCC[C@H]2C(=O)N1Cc1ccccc1. The molecule has 1 aromatic carbocycles. The second kappa shape index (κ2) is 9.40. The minimum absolute atomic E-state index is 0.0129. The average Bonchev–Trinajstić information content (AvgIpc) is 2.93. The molecule has 10 heteroatoms. The molecule has 2 fully saturated rings. The number of aliphatic carboxylic acids is 2. The van der Waals surface area contributed by atoms with Gasteiger partial charge in [0.2, 0.25) is 11.8 Å². The van der Waals surface area contributed by atoms with Crippen molar-refractivity contribution in [2.24, 2.45) is 5.92 Å². The van der Waals surface area contributed by atoms with Gasteiger partial charge in [-0.15, -0.1) is 0 Å². The molecule has 0 aromatic heterocycles. The Morgan fingerprint density at radius 3 is 2.11 bits per heavy atom. The van der Waals surface area contributed by atoms with Crippen molar-refractivity contribution >= 4 is 23.8 Å². The molecule has 5 N–H and O–H groups in total. The number of rotatable bonds is 5. The second-order valence-corrected chi connectivity index (χ2v) is 6.49. The predicted octanol–water partition coefficient (Wildman–Crippen LogP) is -1.20. The fraction of sp³-hybridized carbons (Fsp3) is 0.444. The molecule has 28 heavy (non-hydrogen) atoms. The van der Waals surface area contributed by atoms with Crippen LogP contribution in [0, 0.1) is 5.92 Å². The van der Waals surface area contributed by atoms with E-state index in [1.165, 1.54) is 4.90 Å². The van der Waals surface area contributed by atoms with Gasteiger partial charge in [0.1, 0.15) is 0 Å². The van der Waals surface area contributed by atoms with Gasteiger partial charge >= 0.3 is 11.9 Å². The molecule has 2 amide bonds. The lowest BCUT2D eigenvalue weighted by Crippen LogP contribution is -2.44. The lowest BCUT2D eigenvalue weighted by molar-refractivity contribution is -0.165. The third-order valence-electron chi connectivity index (χ3n) is 4.56. The molecule has 2 aliphatic rings. The molecule has 3 rings (SSSR count). The van der Waals surface area contributed by atoms with Gasteiger partial charge in [-0.1, -0.05) is 30.3 Å². The molecule has 1 aromatic rings. The Bertz CT molecular complexity index is 696. The number of carboxylic acid groups (broad SMARTS) is 2. The number of fused-ring (bicyclic) bond motifs is 1. The van der Waals surface area contributed by atoms with Crippen molar-refractivity contribution in [1.29, 1.82) is 0 Å². The van der Waals surface area contributed by atoms with Crippen molar-refractivity contribution in [2.45, 2.75) is 37.6 Å². The van der Waals surface area contributed by atoms with Crippen molar-refractivity contribution in [2.75, 3.05) is 6.54 Å². The summed E-state index contributed by atoms with van der Waals surface area (Å²) in [5.41, 5.74) is 0.998. The van der Waals surface area contributed by atoms with E-state index in [1.54, 1.807) is 0 Å². The Kier molecular flexibility index (Phi) is 7.21. The number of nitrogens with zero attached hydrogens (tertiary/aromatic N) is 1. The Morgan fingerprint density at radius 2 is 1.61 bits per heavy atom. The number of carbonyl (C=O) groups is 4. The largest absolute Gasteiger partial charge is 0.479 e. The number of benzene rings is 1. The van der Waals surface area contributed by atoms with Crippen LogP contribution in [-0.2, 0) is 25.7 Å². The lowest BCUT2D eigenvalue weighted by Gasteiger charge is -2.21. The Labute approximate surface area is 160 Å². The van der Waals surface area contributed by atoms with E-state index >= 15 is 0 Å². The quantitative estimate of drug-likeness (QED) is 0.386. The number of aliphatic hydroxyl groups is 2. The van der Waals surface area contributed by atoms with Gasteiger partial charge in [-0.25, -0.2) is 9.59 Å². The Morgan fingerprint density at radius 1 is 1.04 bits per heavy atom. The summed E-state index contributed by atoms with van der Waals surface area (Å²) in [6.07, 6.45) is -2.73. The highest BCUT2D eigenvalue weighted by Crippen LogP contribution is 2.28. The molecule has 4 atom stereocenters. The number of aliphatic hydroxyl groups excluding tert-OH is 2. The van der Waals surface area contributed by atoms with E-state index in [2.05, 4.69) is 5.32 Å². The molecule has 0 bridgehead atoms. The highest BCUT2D eigenvalue weighted by Gasteiger charge is 2.48. The third-order valence-corrected chi connectivity index (χ3v) is 4.56. The number of carbonyl (C=O) groups excluding carboxylic acids is 2. The first kappa shape index (κ1) is 21.5. The first-order valence-electron chi connectivity index (χ1n) is 8.68. The van der Waals surface area contributed by atoms with Gasteiger partial charge in [-0.2, -0.15) is 0 Å². The predicted molar refractivity (Wildman–Crippen MR) is 93.8 cm³/mol. The van der Waals surface area contributed by atoms with Crippen LogP contribution in [0.4, 0.5) is 0 Å². The van der Waals surface area contributed by atoms with Gasteiger partial charge in [-0.05, 0) is 24.9 Å². The summed E-state index contributed by atoms with van der Waals surface area (Å²) >= 11 is 0. The molecule has 2 heterocycles. The maximum atomic E-state index is 12.2. The molecule has 152 valence electrons. The van der Waals surface area contributed by atoms with Crippen LogP contribution in [-0.4, -0.2) is 73.9 Å². The Hall–Kier alpha value is -2.82. The van der Waals surface area contributed by atoms with Crippen LogP contribution in [0.15, 0.2) is 30.3 Å². The molecule has 2 unspecified atom stereocenters. The maximum Gasteiger partial charge on any atom is 0.335 e. The fourth-order valence-electron chi connectivity index (χ4n) is 3.08. The summed E-state index contributed by atoms with van der Waals surface area (Å²) < 4.78 is 0. The molecule has 0 radical (unpaired) electrons. The van der Waals surface area contributed by atoms with Crippen LogP contribution in [0.3, 0.4) is 0 Å². The normalized spacial score (nSPS) is 23.3. The zero-order chi connectivity index (χ0) is 20.8. The molecular weight excluding hydrogens is 372 g/mol. The van der Waals surface area contributed by atoms with Crippen molar-refractivity contribution in [3.05, 3.63) is 35.9 Å². The van der Waals surface area contributed by atoms with Crippen LogP contribution >= 0.6 is 0 Å². The minimum Gasteiger partial charge on any atom is -0.479 e. The first-order chi connectivity index (χ1) is 13.2. The molecule has 2 aliphatic heterocycles. The number of hydrogen-bond acceptors (Lipinski definition) is 7. The first-order valence-corrected chi connectivity index (χ1v) is 8.68. The summed E-state index contributed by atoms with van der Waals surface area (Å²) in [6.45, 7) is 1.23. The van der Waals surface area contributed by atoms with Crippen LogP contribution in [0.2, 0.25) is 0 Å². The third kappa shape index (κ3) is 4.91. The van der Waals surface area contributed by atoms with Crippen molar-refractivity contribution < 1.29 is 39.6 Å². The monoisotopic (exact) mass is 394 g/mol. The van der Waals surface area contributed by atoms with Gasteiger partial charge in [0.25, 0.3) is 0 Å². The van der Waals surface area contributed by atoms with Crippen molar-refractivity contribution in [3.63, 3.8) is 0 Å². The van der Waals surface area contributed by atoms with Gasteiger partial charge in [0.05, 0.1) is 18.5 Å². The standard InChI is InChI=1S/C14H16N2O2.C4H6O6/c17-13-11-7-4-8-15-12(11)14(18)16(13)9-10-5-2-1-3-6-10;5-1(3(7)8)2(6)4(9)10/h1-3,5-6,11-12,15H,4,7-9H2;1-2,5-6H,(H,7,8)(H,9,10)/t11-,12+;/m1./s1. The summed E-state index contributed by atoms with van der Waals surface area (Å²) in [6, 6.07) is 9.37. The second-order valence-electron chi connectivity index (χ2n) is 6.49. The van der Waals surface area contributed by atoms with Crippen LogP contribution in [0.1, 0.15) is 18.4 Å². The van der Waals surface area contributed by atoms with E-state index < -0.39 is 24.1 Å².